The van der Waals surface area contributed by atoms with E-state index in [0.29, 0.717) is 19.0 Å². The summed E-state index contributed by atoms with van der Waals surface area (Å²) in [6, 6.07) is 6.63. The molecule has 0 saturated heterocycles. The van der Waals surface area contributed by atoms with E-state index in [0.717, 1.165) is 17.7 Å². The Bertz CT molecular complexity index is 378. The van der Waals surface area contributed by atoms with Crippen molar-refractivity contribution in [3.05, 3.63) is 29.8 Å². The third-order valence-corrected chi connectivity index (χ3v) is 3.65. The van der Waals surface area contributed by atoms with Gasteiger partial charge in [0.1, 0.15) is 0 Å². The molecule has 0 fully saturated rings. The van der Waals surface area contributed by atoms with Crippen LogP contribution in [0.25, 0.3) is 0 Å². The Morgan fingerprint density at radius 1 is 1.37 bits per heavy atom. The molecular formula is C14H20O4S. The number of ether oxygens (including phenoxy) is 1. The number of hydrogen-bond acceptors (Lipinski definition) is 4. The van der Waals surface area contributed by atoms with Crippen LogP contribution in [0.2, 0.25) is 0 Å². The van der Waals surface area contributed by atoms with Crippen LogP contribution in [0, 0.1) is 0 Å². The number of hydrogen-bond donors (Lipinski definition) is 2. The zero-order chi connectivity index (χ0) is 14.1. The predicted octanol–water partition coefficient (Wildman–Crippen LogP) is 2.65. The molecule has 19 heavy (non-hydrogen) atoms. The fraction of sp³-hybridized carbons (Fsp3) is 0.500. The average Bonchev–Trinajstić information content (AvgIpc) is 2.42. The van der Waals surface area contributed by atoms with Crippen molar-refractivity contribution in [2.45, 2.75) is 30.8 Å². The number of rotatable bonds is 9. The third-order valence-electron chi connectivity index (χ3n) is 2.50. The van der Waals surface area contributed by atoms with E-state index in [4.69, 9.17) is 9.84 Å². The first-order valence-electron chi connectivity index (χ1n) is 6.35. The lowest BCUT2D eigenvalue weighted by molar-refractivity contribution is 0.0473. The van der Waals surface area contributed by atoms with Crippen molar-refractivity contribution in [1.29, 1.82) is 0 Å². The van der Waals surface area contributed by atoms with Crippen LogP contribution in [0.3, 0.4) is 0 Å². The number of aliphatic hydroxyl groups is 1. The summed E-state index contributed by atoms with van der Waals surface area (Å²) in [5.74, 6) is -0.389. The lowest BCUT2D eigenvalue weighted by atomic mass is 10.2. The molecule has 0 spiro atoms. The molecule has 2 N–H and O–H groups in total. The molecule has 0 amide bonds. The summed E-state index contributed by atoms with van der Waals surface area (Å²) in [6.07, 6.45) is 1.60. The second-order valence-corrected chi connectivity index (χ2v) is 5.32. The molecule has 5 heteroatoms. The van der Waals surface area contributed by atoms with Gasteiger partial charge in [-0.1, -0.05) is 13.3 Å². The van der Waals surface area contributed by atoms with E-state index in [-0.39, 0.29) is 5.56 Å². The van der Waals surface area contributed by atoms with Crippen LogP contribution in [-0.4, -0.2) is 41.3 Å². The van der Waals surface area contributed by atoms with Gasteiger partial charge in [-0.2, -0.15) is 0 Å². The minimum Gasteiger partial charge on any atom is -0.478 e. The molecule has 0 bridgehead atoms. The van der Waals surface area contributed by atoms with Crippen LogP contribution < -0.4 is 0 Å². The number of aromatic carboxylic acids is 1. The van der Waals surface area contributed by atoms with Crippen LogP contribution in [0.1, 0.15) is 30.1 Å². The summed E-state index contributed by atoms with van der Waals surface area (Å²) in [7, 11) is 0. The Morgan fingerprint density at radius 3 is 2.63 bits per heavy atom. The van der Waals surface area contributed by atoms with Crippen molar-refractivity contribution in [3.8, 4) is 0 Å². The molecule has 1 rings (SSSR count). The van der Waals surface area contributed by atoms with Gasteiger partial charge in [-0.15, -0.1) is 11.8 Å². The minimum absolute atomic E-state index is 0.271. The standard InChI is InChI=1S/C14H20O4S/c1-2-3-8-18-9-12(15)10-19-13-6-4-11(5-7-13)14(16)17/h4-7,12,15H,2-3,8-10H2,1H3,(H,16,17). The zero-order valence-electron chi connectivity index (χ0n) is 11.0. The summed E-state index contributed by atoms with van der Waals surface area (Å²) >= 11 is 1.49. The minimum atomic E-state index is -0.930. The molecule has 0 radical (unpaired) electrons. The Hall–Kier alpha value is -1.04. The molecule has 106 valence electrons. The monoisotopic (exact) mass is 284 g/mol. The summed E-state index contributed by atoms with van der Waals surface area (Å²) in [5, 5.41) is 18.5. The first kappa shape index (κ1) is 16.0. The van der Waals surface area contributed by atoms with Crippen molar-refractivity contribution in [2.24, 2.45) is 0 Å². The normalized spacial score (nSPS) is 12.3. The Labute approximate surface area is 117 Å². The predicted molar refractivity (Wildman–Crippen MR) is 75.9 cm³/mol. The van der Waals surface area contributed by atoms with E-state index in [1.54, 1.807) is 24.3 Å². The van der Waals surface area contributed by atoms with E-state index in [2.05, 4.69) is 6.92 Å². The van der Waals surface area contributed by atoms with Crippen molar-refractivity contribution < 1.29 is 19.7 Å². The highest BCUT2D eigenvalue weighted by Crippen LogP contribution is 2.19. The topological polar surface area (TPSA) is 66.8 Å². The number of carboxylic acid groups (broad SMARTS) is 1. The molecule has 0 aliphatic heterocycles. The van der Waals surface area contributed by atoms with Gasteiger partial charge in [0.05, 0.1) is 18.3 Å². The largest absolute Gasteiger partial charge is 0.478 e. The average molecular weight is 284 g/mol. The number of thioether (sulfide) groups is 1. The van der Waals surface area contributed by atoms with Crippen LogP contribution in [0.4, 0.5) is 0 Å². The molecule has 1 unspecified atom stereocenters. The number of carboxylic acids is 1. The van der Waals surface area contributed by atoms with Gasteiger partial charge >= 0.3 is 5.97 Å². The Kier molecular flexibility index (Phi) is 7.55. The van der Waals surface area contributed by atoms with Gasteiger partial charge in [-0.3, -0.25) is 0 Å². The summed E-state index contributed by atoms with van der Waals surface area (Å²) in [5.41, 5.74) is 0.271. The Morgan fingerprint density at radius 2 is 2.05 bits per heavy atom. The molecule has 0 aliphatic rings. The van der Waals surface area contributed by atoms with Gasteiger partial charge in [0.25, 0.3) is 0 Å². The van der Waals surface area contributed by atoms with Crippen LogP contribution in [0.15, 0.2) is 29.2 Å². The van der Waals surface area contributed by atoms with Crippen LogP contribution in [0.5, 0.6) is 0 Å². The van der Waals surface area contributed by atoms with Gasteiger partial charge < -0.3 is 14.9 Å². The van der Waals surface area contributed by atoms with Crippen LogP contribution in [-0.2, 0) is 4.74 Å². The van der Waals surface area contributed by atoms with Gasteiger partial charge in [-0.25, -0.2) is 4.79 Å². The van der Waals surface area contributed by atoms with Gasteiger partial charge in [0, 0.05) is 17.3 Å². The molecular weight excluding hydrogens is 264 g/mol. The molecule has 4 nitrogen and oxygen atoms in total. The molecule has 1 atom stereocenters. The van der Waals surface area contributed by atoms with Crippen LogP contribution >= 0.6 is 11.8 Å². The highest BCUT2D eigenvalue weighted by Gasteiger charge is 2.06. The van der Waals surface area contributed by atoms with Gasteiger partial charge in [0.15, 0.2) is 0 Å². The SMILES string of the molecule is CCCCOCC(O)CSc1ccc(C(=O)O)cc1. The molecule has 1 aromatic rings. The van der Waals surface area contributed by atoms with Crippen molar-refractivity contribution in [3.63, 3.8) is 0 Å². The zero-order valence-corrected chi connectivity index (χ0v) is 11.9. The van der Waals surface area contributed by atoms with Gasteiger partial charge in [0.2, 0.25) is 0 Å². The van der Waals surface area contributed by atoms with Gasteiger partial charge in [-0.05, 0) is 30.7 Å². The lowest BCUT2D eigenvalue weighted by Crippen LogP contribution is -2.18. The summed E-state index contributed by atoms with van der Waals surface area (Å²) in [6.45, 7) is 3.13. The quantitative estimate of drug-likeness (QED) is 0.539. The number of unbranched alkanes of at least 4 members (excludes halogenated alkanes) is 1. The summed E-state index contributed by atoms with van der Waals surface area (Å²) in [4.78, 5) is 11.6. The maximum Gasteiger partial charge on any atom is 0.335 e. The highest BCUT2D eigenvalue weighted by atomic mass is 32.2. The molecule has 0 saturated carbocycles. The lowest BCUT2D eigenvalue weighted by Gasteiger charge is -2.10. The Balaban J connectivity index is 2.25. The molecule has 0 aliphatic carbocycles. The maximum absolute atomic E-state index is 10.7. The first-order valence-corrected chi connectivity index (χ1v) is 7.34. The second kappa shape index (κ2) is 8.96. The fourth-order valence-electron chi connectivity index (χ4n) is 1.40. The number of benzene rings is 1. The third kappa shape index (κ3) is 6.61. The molecule has 0 aromatic heterocycles. The van der Waals surface area contributed by atoms with Crippen molar-refractivity contribution >= 4 is 17.7 Å². The fourth-order valence-corrected chi connectivity index (χ4v) is 2.21. The second-order valence-electron chi connectivity index (χ2n) is 4.22. The maximum atomic E-state index is 10.7. The van der Waals surface area contributed by atoms with Crippen molar-refractivity contribution in [2.75, 3.05) is 19.0 Å². The van der Waals surface area contributed by atoms with E-state index in [1.807, 2.05) is 0 Å². The van der Waals surface area contributed by atoms with E-state index < -0.39 is 12.1 Å². The van der Waals surface area contributed by atoms with E-state index >= 15 is 0 Å². The highest BCUT2D eigenvalue weighted by molar-refractivity contribution is 7.99. The summed E-state index contributed by atoms with van der Waals surface area (Å²) < 4.78 is 5.33. The molecule has 1 aromatic carbocycles. The smallest absolute Gasteiger partial charge is 0.335 e. The van der Waals surface area contributed by atoms with E-state index in [9.17, 15) is 9.90 Å². The van der Waals surface area contributed by atoms with Crippen molar-refractivity contribution in [1.82, 2.24) is 0 Å². The number of aliphatic hydroxyl groups excluding tert-OH is 1. The molecule has 0 heterocycles. The van der Waals surface area contributed by atoms with E-state index in [1.165, 1.54) is 11.8 Å². The number of carbonyl (C=O) groups is 1. The first-order chi connectivity index (χ1) is 9.13.